The van der Waals surface area contributed by atoms with Gasteiger partial charge in [0, 0.05) is 7.05 Å². The average Bonchev–Trinajstić information content (AvgIpc) is 2.89. The predicted octanol–water partition coefficient (Wildman–Crippen LogP) is 1.18. The maximum absolute atomic E-state index is 11.5. The van der Waals surface area contributed by atoms with Gasteiger partial charge in [0.2, 0.25) is 10.0 Å². The maximum Gasteiger partial charge on any atom is 0.238 e. The van der Waals surface area contributed by atoms with E-state index in [1.54, 1.807) is 30.1 Å². The molecule has 0 aliphatic carbocycles. The van der Waals surface area contributed by atoms with E-state index in [9.17, 15) is 8.42 Å². The van der Waals surface area contributed by atoms with Gasteiger partial charge < -0.3 is 5.32 Å². The summed E-state index contributed by atoms with van der Waals surface area (Å²) >= 11 is 0. The standard InChI is InChI=1S/C14H16N6O2S/c1-9(10-4-3-5-11(6-10)23(15,21)22)19-13-12-7-18-20(2)14(12)17-8-16-13/h3-9H,1-2H3,(H2,15,21,22)(H,16,17,19). The smallest absolute Gasteiger partial charge is 0.238 e. The zero-order valence-electron chi connectivity index (χ0n) is 12.6. The van der Waals surface area contributed by atoms with Crippen LogP contribution in [0.15, 0.2) is 41.7 Å². The van der Waals surface area contributed by atoms with E-state index in [1.807, 2.05) is 13.0 Å². The van der Waals surface area contributed by atoms with Crippen LogP contribution in [0.2, 0.25) is 0 Å². The zero-order valence-corrected chi connectivity index (χ0v) is 13.4. The highest BCUT2D eigenvalue weighted by Gasteiger charge is 2.14. The Morgan fingerprint density at radius 3 is 2.83 bits per heavy atom. The number of hydrogen-bond acceptors (Lipinski definition) is 6. The lowest BCUT2D eigenvalue weighted by atomic mass is 10.1. The summed E-state index contributed by atoms with van der Waals surface area (Å²) in [5.41, 5.74) is 1.50. The molecule has 8 nitrogen and oxygen atoms in total. The third-order valence-corrected chi connectivity index (χ3v) is 4.48. The SMILES string of the molecule is CC(Nc1ncnc2c1cnn2C)c1cccc(S(N)(=O)=O)c1. The fourth-order valence-corrected chi connectivity index (χ4v) is 2.89. The molecule has 0 amide bonds. The number of nitrogens with two attached hydrogens (primary N) is 1. The maximum atomic E-state index is 11.5. The van der Waals surface area contributed by atoms with Crippen molar-refractivity contribution in [3.8, 4) is 0 Å². The number of benzene rings is 1. The number of primary sulfonamides is 1. The summed E-state index contributed by atoms with van der Waals surface area (Å²) in [6.07, 6.45) is 3.14. The van der Waals surface area contributed by atoms with Gasteiger partial charge in [0.05, 0.1) is 22.5 Å². The fourth-order valence-electron chi connectivity index (χ4n) is 2.33. The second kappa shape index (κ2) is 5.60. The third kappa shape index (κ3) is 3.01. The average molecular weight is 332 g/mol. The number of aromatic nitrogens is 4. The minimum Gasteiger partial charge on any atom is -0.363 e. The molecule has 2 heterocycles. The molecule has 0 fully saturated rings. The zero-order chi connectivity index (χ0) is 16.6. The van der Waals surface area contributed by atoms with Crippen LogP contribution in [0.3, 0.4) is 0 Å². The van der Waals surface area contributed by atoms with Gasteiger partial charge in [0.25, 0.3) is 0 Å². The van der Waals surface area contributed by atoms with E-state index in [4.69, 9.17) is 5.14 Å². The van der Waals surface area contributed by atoms with E-state index < -0.39 is 10.0 Å². The van der Waals surface area contributed by atoms with E-state index in [0.29, 0.717) is 11.5 Å². The molecule has 0 radical (unpaired) electrons. The van der Waals surface area contributed by atoms with Crippen LogP contribution < -0.4 is 10.5 Å². The van der Waals surface area contributed by atoms with Gasteiger partial charge in [-0.05, 0) is 24.6 Å². The molecule has 1 aromatic carbocycles. The Bertz CT molecular complexity index is 966. The van der Waals surface area contributed by atoms with Gasteiger partial charge in [-0.1, -0.05) is 12.1 Å². The van der Waals surface area contributed by atoms with Gasteiger partial charge in [0.15, 0.2) is 5.65 Å². The number of aryl methyl sites for hydroxylation is 1. The highest BCUT2D eigenvalue weighted by atomic mass is 32.2. The number of rotatable bonds is 4. The van der Waals surface area contributed by atoms with Gasteiger partial charge in [0.1, 0.15) is 12.1 Å². The number of nitrogens with zero attached hydrogens (tertiary/aromatic N) is 4. The van der Waals surface area contributed by atoms with Crippen molar-refractivity contribution in [1.82, 2.24) is 19.7 Å². The molecule has 0 aliphatic rings. The van der Waals surface area contributed by atoms with E-state index >= 15 is 0 Å². The van der Waals surface area contributed by atoms with Crippen molar-refractivity contribution in [2.75, 3.05) is 5.32 Å². The summed E-state index contributed by atoms with van der Waals surface area (Å²) < 4.78 is 24.6. The molecule has 9 heteroatoms. The largest absolute Gasteiger partial charge is 0.363 e. The summed E-state index contributed by atoms with van der Waals surface area (Å²) in [5.74, 6) is 0.636. The number of sulfonamides is 1. The van der Waals surface area contributed by atoms with Crippen molar-refractivity contribution in [3.63, 3.8) is 0 Å². The van der Waals surface area contributed by atoms with Crippen molar-refractivity contribution in [2.45, 2.75) is 17.9 Å². The molecule has 3 rings (SSSR count). The number of anilines is 1. The van der Waals surface area contributed by atoms with Crippen LogP contribution in [0.25, 0.3) is 11.0 Å². The first-order chi connectivity index (χ1) is 10.9. The van der Waals surface area contributed by atoms with E-state index in [1.165, 1.54) is 12.4 Å². The summed E-state index contributed by atoms with van der Waals surface area (Å²) in [7, 11) is -1.93. The summed E-state index contributed by atoms with van der Waals surface area (Å²) in [6, 6.07) is 6.33. The molecule has 23 heavy (non-hydrogen) atoms. The van der Waals surface area contributed by atoms with E-state index in [2.05, 4.69) is 20.4 Å². The van der Waals surface area contributed by atoms with Crippen LogP contribution in [0.1, 0.15) is 18.5 Å². The van der Waals surface area contributed by atoms with Crippen LogP contribution in [-0.2, 0) is 17.1 Å². The van der Waals surface area contributed by atoms with Crippen LogP contribution in [-0.4, -0.2) is 28.2 Å². The Balaban J connectivity index is 1.94. The van der Waals surface area contributed by atoms with Gasteiger partial charge in [-0.25, -0.2) is 23.5 Å². The Kier molecular flexibility index (Phi) is 3.74. The van der Waals surface area contributed by atoms with Crippen molar-refractivity contribution in [3.05, 3.63) is 42.4 Å². The second-order valence-electron chi connectivity index (χ2n) is 5.21. The van der Waals surface area contributed by atoms with Gasteiger partial charge in [-0.3, -0.25) is 4.68 Å². The lowest BCUT2D eigenvalue weighted by molar-refractivity contribution is 0.597. The number of fused-ring (bicyclic) bond motifs is 1. The highest BCUT2D eigenvalue weighted by Crippen LogP contribution is 2.24. The van der Waals surface area contributed by atoms with E-state index in [-0.39, 0.29) is 10.9 Å². The molecular weight excluding hydrogens is 316 g/mol. The minimum atomic E-state index is -3.73. The molecule has 0 saturated carbocycles. The van der Waals surface area contributed by atoms with Crippen LogP contribution >= 0.6 is 0 Å². The predicted molar refractivity (Wildman–Crippen MR) is 86.2 cm³/mol. The molecule has 0 spiro atoms. The van der Waals surface area contributed by atoms with Gasteiger partial charge in [-0.2, -0.15) is 5.10 Å². The molecule has 1 atom stereocenters. The topological polar surface area (TPSA) is 116 Å². The molecule has 2 aromatic heterocycles. The normalized spacial score (nSPS) is 13.2. The van der Waals surface area contributed by atoms with Gasteiger partial charge in [-0.15, -0.1) is 0 Å². The minimum absolute atomic E-state index is 0.0814. The Labute approximate surface area is 133 Å². The molecule has 0 bridgehead atoms. The van der Waals surface area contributed by atoms with Crippen molar-refractivity contribution < 1.29 is 8.42 Å². The van der Waals surface area contributed by atoms with Crippen molar-refractivity contribution >= 4 is 26.9 Å². The molecular formula is C14H16N6O2S. The first-order valence-electron chi connectivity index (χ1n) is 6.88. The summed E-state index contributed by atoms with van der Waals surface area (Å²) in [5, 5.41) is 13.4. The first kappa shape index (κ1) is 15.4. The number of nitrogens with one attached hydrogen (secondary N) is 1. The number of hydrogen-bond donors (Lipinski definition) is 2. The third-order valence-electron chi connectivity index (χ3n) is 3.57. The van der Waals surface area contributed by atoms with Crippen LogP contribution in [0.4, 0.5) is 5.82 Å². The Hall–Kier alpha value is -2.52. The van der Waals surface area contributed by atoms with E-state index in [0.717, 1.165) is 10.9 Å². The summed E-state index contributed by atoms with van der Waals surface area (Å²) in [6.45, 7) is 1.91. The van der Waals surface area contributed by atoms with Crippen LogP contribution in [0.5, 0.6) is 0 Å². The fraction of sp³-hybridized carbons (Fsp3) is 0.214. The van der Waals surface area contributed by atoms with Crippen molar-refractivity contribution in [1.29, 1.82) is 0 Å². The van der Waals surface area contributed by atoms with Gasteiger partial charge >= 0.3 is 0 Å². The van der Waals surface area contributed by atoms with Crippen molar-refractivity contribution in [2.24, 2.45) is 12.2 Å². The Morgan fingerprint density at radius 1 is 1.30 bits per heavy atom. The molecule has 1 unspecified atom stereocenters. The molecule has 0 aliphatic heterocycles. The summed E-state index contributed by atoms with van der Waals surface area (Å²) in [4.78, 5) is 8.50. The quantitative estimate of drug-likeness (QED) is 0.741. The molecule has 0 saturated heterocycles. The highest BCUT2D eigenvalue weighted by molar-refractivity contribution is 7.89. The molecule has 3 N–H and O–H groups in total. The lowest BCUT2D eigenvalue weighted by Crippen LogP contribution is -2.14. The first-order valence-corrected chi connectivity index (χ1v) is 8.43. The lowest BCUT2D eigenvalue weighted by Gasteiger charge is -2.16. The van der Waals surface area contributed by atoms with Crippen LogP contribution in [0, 0.1) is 0 Å². The second-order valence-corrected chi connectivity index (χ2v) is 6.77. The monoisotopic (exact) mass is 332 g/mol. The molecule has 120 valence electrons. The molecule has 3 aromatic rings. The Morgan fingerprint density at radius 2 is 2.09 bits per heavy atom.